The van der Waals surface area contributed by atoms with Crippen molar-refractivity contribution < 1.29 is 9.52 Å². The fraction of sp³-hybridized carbons (Fsp3) is 0.714. The molecule has 3 rings (SSSR count). The third kappa shape index (κ3) is 2.14. The molecule has 17 heavy (non-hydrogen) atoms. The van der Waals surface area contributed by atoms with E-state index < -0.39 is 0 Å². The molecule has 3 nitrogen and oxygen atoms in total. The van der Waals surface area contributed by atoms with Crippen LogP contribution >= 0.6 is 0 Å². The van der Waals surface area contributed by atoms with Crippen LogP contribution in [-0.2, 0) is 0 Å². The zero-order valence-electron chi connectivity index (χ0n) is 10.2. The van der Waals surface area contributed by atoms with Crippen molar-refractivity contribution >= 4 is 0 Å². The smallest absolute Gasteiger partial charge is 0.120 e. The summed E-state index contributed by atoms with van der Waals surface area (Å²) in [5, 5.41) is 10.2. The lowest BCUT2D eigenvalue weighted by atomic mass is 9.91. The van der Waals surface area contributed by atoms with Gasteiger partial charge in [-0.2, -0.15) is 0 Å². The van der Waals surface area contributed by atoms with Crippen LogP contribution in [0.3, 0.4) is 0 Å². The second-order valence-electron chi connectivity index (χ2n) is 5.33. The summed E-state index contributed by atoms with van der Waals surface area (Å²) in [6, 6.07) is 4.77. The fourth-order valence-electron chi connectivity index (χ4n) is 3.45. The standard InChI is InChI=1S/C14H21NO2/c16-13-7-2-1-5-11(13)15-9-3-6-12(15)14-8-4-10-17-14/h4,8,10-13,16H,1-3,5-7,9H2. The van der Waals surface area contributed by atoms with E-state index in [1.165, 1.54) is 19.3 Å². The van der Waals surface area contributed by atoms with Crippen molar-refractivity contribution in [2.75, 3.05) is 6.54 Å². The first kappa shape index (κ1) is 11.3. The molecule has 3 heteroatoms. The van der Waals surface area contributed by atoms with Gasteiger partial charge in [0.2, 0.25) is 0 Å². The van der Waals surface area contributed by atoms with Crippen molar-refractivity contribution in [3.05, 3.63) is 24.2 Å². The van der Waals surface area contributed by atoms with E-state index in [1.54, 1.807) is 6.26 Å². The summed E-state index contributed by atoms with van der Waals surface area (Å²) in [5.74, 6) is 1.07. The first-order chi connectivity index (χ1) is 8.36. The molecular weight excluding hydrogens is 214 g/mol. The predicted molar refractivity (Wildman–Crippen MR) is 65.7 cm³/mol. The predicted octanol–water partition coefficient (Wildman–Crippen LogP) is 2.72. The van der Waals surface area contributed by atoms with Crippen LogP contribution in [0.25, 0.3) is 0 Å². The number of nitrogens with zero attached hydrogens (tertiary/aromatic N) is 1. The second-order valence-corrected chi connectivity index (χ2v) is 5.33. The van der Waals surface area contributed by atoms with Crippen LogP contribution in [0.5, 0.6) is 0 Å². The van der Waals surface area contributed by atoms with Crippen LogP contribution in [0, 0.1) is 0 Å². The fourth-order valence-corrected chi connectivity index (χ4v) is 3.45. The molecule has 1 saturated heterocycles. The van der Waals surface area contributed by atoms with E-state index in [-0.39, 0.29) is 6.10 Å². The molecule has 0 bridgehead atoms. The highest BCUT2D eigenvalue weighted by Crippen LogP contribution is 2.37. The highest BCUT2D eigenvalue weighted by atomic mass is 16.3. The van der Waals surface area contributed by atoms with E-state index in [0.29, 0.717) is 12.1 Å². The van der Waals surface area contributed by atoms with Crippen LogP contribution in [0.15, 0.2) is 22.8 Å². The number of aliphatic hydroxyl groups excluding tert-OH is 1. The molecule has 1 N–H and O–H groups in total. The SMILES string of the molecule is OC1CCCCC1N1CCCC1c1ccco1. The third-order valence-corrected chi connectivity index (χ3v) is 4.29. The molecule has 94 valence electrons. The van der Waals surface area contributed by atoms with Crippen LogP contribution in [0.1, 0.15) is 50.3 Å². The lowest BCUT2D eigenvalue weighted by Crippen LogP contribution is -2.44. The van der Waals surface area contributed by atoms with Crippen molar-refractivity contribution in [3.8, 4) is 0 Å². The van der Waals surface area contributed by atoms with E-state index in [0.717, 1.165) is 31.6 Å². The maximum Gasteiger partial charge on any atom is 0.120 e. The molecule has 0 radical (unpaired) electrons. The highest BCUT2D eigenvalue weighted by Gasteiger charge is 2.37. The maximum atomic E-state index is 10.2. The molecule has 0 spiro atoms. The van der Waals surface area contributed by atoms with Gasteiger partial charge in [0, 0.05) is 6.04 Å². The van der Waals surface area contributed by atoms with E-state index in [1.807, 2.05) is 6.07 Å². The Morgan fingerprint density at radius 3 is 2.82 bits per heavy atom. The zero-order valence-corrected chi connectivity index (χ0v) is 10.2. The quantitative estimate of drug-likeness (QED) is 0.856. The van der Waals surface area contributed by atoms with Gasteiger partial charge >= 0.3 is 0 Å². The second kappa shape index (κ2) is 4.83. The first-order valence-electron chi connectivity index (χ1n) is 6.83. The topological polar surface area (TPSA) is 36.6 Å². The van der Waals surface area contributed by atoms with Gasteiger partial charge in [-0.05, 0) is 44.4 Å². The minimum Gasteiger partial charge on any atom is -0.468 e. The van der Waals surface area contributed by atoms with E-state index in [4.69, 9.17) is 4.42 Å². The Hall–Kier alpha value is -0.800. The first-order valence-corrected chi connectivity index (χ1v) is 6.83. The summed E-state index contributed by atoms with van der Waals surface area (Å²) in [7, 11) is 0. The number of hydrogen-bond acceptors (Lipinski definition) is 3. The van der Waals surface area contributed by atoms with Gasteiger partial charge in [0.05, 0.1) is 18.4 Å². The lowest BCUT2D eigenvalue weighted by Gasteiger charge is -2.38. The number of hydrogen-bond donors (Lipinski definition) is 1. The van der Waals surface area contributed by atoms with Crippen LogP contribution in [0.2, 0.25) is 0 Å². The Morgan fingerprint density at radius 2 is 2.06 bits per heavy atom. The molecule has 1 aliphatic heterocycles. The van der Waals surface area contributed by atoms with Crippen molar-refractivity contribution in [1.29, 1.82) is 0 Å². The molecule has 1 aliphatic carbocycles. The van der Waals surface area contributed by atoms with Crippen LogP contribution < -0.4 is 0 Å². The average Bonchev–Trinajstić information content (AvgIpc) is 3.00. The van der Waals surface area contributed by atoms with E-state index in [9.17, 15) is 5.11 Å². The Balaban J connectivity index is 1.77. The minimum atomic E-state index is -0.140. The molecule has 1 saturated carbocycles. The Morgan fingerprint density at radius 1 is 1.18 bits per heavy atom. The zero-order chi connectivity index (χ0) is 11.7. The highest BCUT2D eigenvalue weighted by molar-refractivity contribution is 5.08. The van der Waals surface area contributed by atoms with Gasteiger partial charge in [-0.15, -0.1) is 0 Å². The van der Waals surface area contributed by atoms with Gasteiger partial charge in [-0.3, -0.25) is 4.90 Å². The van der Waals surface area contributed by atoms with Crippen molar-refractivity contribution in [2.24, 2.45) is 0 Å². The van der Waals surface area contributed by atoms with E-state index >= 15 is 0 Å². The molecule has 1 aromatic heterocycles. The number of rotatable bonds is 2. The van der Waals surface area contributed by atoms with Crippen molar-refractivity contribution in [2.45, 2.75) is 56.7 Å². The Labute approximate surface area is 102 Å². The molecule has 0 amide bonds. The lowest BCUT2D eigenvalue weighted by molar-refractivity contribution is 0.00951. The summed E-state index contributed by atoms with van der Waals surface area (Å²) in [5.41, 5.74) is 0. The summed E-state index contributed by atoms with van der Waals surface area (Å²) in [6.07, 6.45) is 8.53. The largest absolute Gasteiger partial charge is 0.468 e. The monoisotopic (exact) mass is 235 g/mol. The maximum absolute atomic E-state index is 10.2. The third-order valence-electron chi connectivity index (χ3n) is 4.29. The molecule has 3 unspecified atom stereocenters. The molecular formula is C14H21NO2. The Bertz CT molecular complexity index is 349. The summed E-state index contributed by atoms with van der Waals surface area (Å²) < 4.78 is 5.55. The molecule has 2 heterocycles. The van der Waals surface area contributed by atoms with Gasteiger partial charge in [0.1, 0.15) is 5.76 Å². The molecule has 0 aromatic carbocycles. The van der Waals surface area contributed by atoms with Crippen LogP contribution in [0.4, 0.5) is 0 Å². The summed E-state index contributed by atoms with van der Waals surface area (Å²) >= 11 is 0. The van der Waals surface area contributed by atoms with Gasteiger partial charge in [-0.25, -0.2) is 0 Å². The van der Waals surface area contributed by atoms with Gasteiger partial charge < -0.3 is 9.52 Å². The Kier molecular flexibility index (Phi) is 3.21. The number of furan rings is 1. The van der Waals surface area contributed by atoms with Crippen LogP contribution in [-0.4, -0.2) is 28.7 Å². The molecule has 1 aromatic rings. The summed E-state index contributed by atoms with van der Waals surface area (Å²) in [4.78, 5) is 2.47. The van der Waals surface area contributed by atoms with Gasteiger partial charge in [0.15, 0.2) is 0 Å². The average molecular weight is 235 g/mol. The summed E-state index contributed by atoms with van der Waals surface area (Å²) in [6.45, 7) is 1.10. The molecule has 3 atom stereocenters. The van der Waals surface area contributed by atoms with Gasteiger partial charge in [0.25, 0.3) is 0 Å². The van der Waals surface area contributed by atoms with E-state index in [2.05, 4.69) is 11.0 Å². The normalized spacial score (nSPS) is 35.2. The van der Waals surface area contributed by atoms with Crippen molar-refractivity contribution in [1.82, 2.24) is 4.90 Å². The minimum absolute atomic E-state index is 0.140. The van der Waals surface area contributed by atoms with Crippen molar-refractivity contribution in [3.63, 3.8) is 0 Å². The van der Waals surface area contributed by atoms with Gasteiger partial charge in [-0.1, -0.05) is 12.8 Å². The molecule has 2 fully saturated rings. The molecule has 2 aliphatic rings. The number of aliphatic hydroxyl groups is 1. The number of likely N-dealkylation sites (tertiary alicyclic amines) is 1.